The van der Waals surface area contributed by atoms with Gasteiger partial charge in [-0.25, -0.2) is 0 Å². The normalized spacial score (nSPS) is 25.7. The number of carboxylic acid groups (broad SMARTS) is 1. The van der Waals surface area contributed by atoms with Crippen molar-refractivity contribution in [2.45, 2.75) is 19.8 Å². The first-order chi connectivity index (χ1) is 7.09. The van der Waals surface area contributed by atoms with Crippen LogP contribution in [0.5, 0.6) is 0 Å². The lowest BCUT2D eigenvalue weighted by Crippen LogP contribution is -2.20. The fraction of sp³-hybridized carbons (Fsp3) is 0.545. The summed E-state index contributed by atoms with van der Waals surface area (Å²) < 4.78 is 0. The monoisotopic (exact) mass is 225 g/mol. The molecule has 0 saturated carbocycles. The molecular weight excluding hydrogens is 210 g/mol. The zero-order valence-electron chi connectivity index (χ0n) is 8.91. The SMILES string of the molecule is Cc1cc(C2CNCC2C(=O)O)sc1C. The van der Waals surface area contributed by atoms with E-state index in [1.54, 1.807) is 11.3 Å². The Balaban J connectivity index is 2.26. The van der Waals surface area contributed by atoms with Gasteiger partial charge in [-0.2, -0.15) is 0 Å². The van der Waals surface area contributed by atoms with Crippen molar-refractivity contribution in [2.75, 3.05) is 13.1 Å². The smallest absolute Gasteiger partial charge is 0.308 e. The van der Waals surface area contributed by atoms with Crippen molar-refractivity contribution >= 4 is 17.3 Å². The minimum absolute atomic E-state index is 0.153. The van der Waals surface area contributed by atoms with Gasteiger partial charge < -0.3 is 10.4 Å². The minimum Gasteiger partial charge on any atom is -0.481 e. The first-order valence-electron chi connectivity index (χ1n) is 5.10. The summed E-state index contributed by atoms with van der Waals surface area (Å²) in [6.45, 7) is 5.54. The lowest BCUT2D eigenvalue weighted by Gasteiger charge is -2.11. The van der Waals surface area contributed by atoms with Crippen molar-refractivity contribution in [3.63, 3.8) is 0 Å². The Bertz CT molecular complexity index is 366. The number of rotatable bonds is 2. The molecule has 0 aliphatic carbocycles. The zero-order valence-corrected chi connectivity index (χ0v) is 9.73. The van der Waals surface area contributed by atoms with E-state index in [4.69, 9.17) is 5.11 Å². The summed E-state index contributed by atoms with van der Waals surface area (Å²) in [7, 11) is 0. The van der Waals surface area contributed by atoms with Gasteiger partial charge in [0.15, 0.2) is 0 Å². The van der Waals surface area contributed by atoms with Crippen molar-refractivity contribution in [2.24, 2.45) is 5.92 Å². The van der Waals surface area contributed by atoms with E-state index in [1.807, 2.05) is 0 Å². The third-order valence-electron chi connectivity index (χ3n) is 3.08. The van der Waals surface area contributed by atoms with E-state index in [-0.39, 0.29) is 11.8 Å². The van der Waals surface area contributed by atoms with E-state index < -0.39 is 5.97 Å². The van der Waals surface area contributed by atoms with E-state index in [9.17, 15) is 4.79 Å². The first-order valence-corrected chi connectivity index (χ1v) is 5.91. The molecule has 1 saturated heterocycles. The van der Waals surface area contributed by atoms with Gasteiger partial charge in [0.2, 0.25) is 0 Å². The Morgan fingerprint density at radius 2 is 2.27 bits per heavy atom. The lowest BCUT2D eigenvalue weighted by molar-refractivity contribution is -0.141. The second-order valence-electron chi connectivity index (χ2n) is 4.10. The summed E-state index contributed by atoms with van der Waals surface area (Å²) in [5, 5.41) is 12.2. The van der Waals surface area contributed by atoms with Gasteiger partial charge in [-0.15, -0.1) is 11.3 Å². The summed E-state index contributed by atoms with van der Waals surface area (Å²) in [5.74, 6) is -0.795. The van der Waals surface area contributed by atoms with Crippen LogP contribution in [0.2, 0.25) is 0 Å². The van der Waals surface area contributed by atoms with Gasteiger partial charge in [0.05, 0.1) is 5.92 Å². The molecule has 1 fully saturated rings. The molecule has 3 nitrogen and oxygen atoms in total. The van der Waals surface area contributed by atoms with E-state index >= 15 is 0 Å². The van der Waals surface area contributed by atoms with Gasteiger partial charge in [0.25, 0.3) is 0 Å². The summed E-state index contributed by atoms with van der Waals surface area (Å²) in [6.07, 6.45) is 0. The van der Waals surface area contributed by atoms with Gasteiger partial charge in [-0.05, 0) is 25.5 Å². The number of aryl methyl sites for hydroxylation is 2. The topological polar surface area (TPSA) is 49.3 Å². The molecule has 0 radical (unpaired) electrons. The summed E-state index contributed by atoms with van der Waals surface area (Å²) in [4.78, 5) is 13.5. The molecule has 1 aliphatic rings. The number of hydrogen-bond donors (Lipinski definition) is 2. The maximum absolute atomic E-state index is 11.0. The van der Waals surface area contributed by atoms with Crippen LogP contribution >= 0.6 is 11.3 Å². The number of carboxylic acids is 1. The van der Waals surface area contributed by atoms with Crippen molar-refractivity contribution in [1.29, 1.82) is 0 Å². The molecular formula is C11H15NO2S. The maximum atomic E-state index is 11.0. The Labute approximate surface area is 93.1 Å². The van der Waals surface area contributed by atoms with Crippen LogP contribution in [-0.4, -0.2) is 24.2 Å². The van der Waals surface area contributed by atoms with Crippen LogP contribution in [0.4, 0.5) is 0 Å². The molecule has 0 bridgehead atoms. The predicted octanol–water partition coefficient (Wildman–Crippen LogP) is 1.75. The standard InChI is InChI=1S/C11H15NO2S/c1-6-3-10(15-7(6)2)8-4-12-5-9(8)11(13)14/h3,8-9,12H,4-5H2,1-2H3,(H,13,14). The Morgan fingerprint density at radius 3 is 2.80 bits per heavy atom. The number of aliphatic carboxylic acids is 1. The van der Waals surface area contributed by atoms with Gasteiger partial charge in [-0.3, -0.25) is 4.79 Å². The highest BCUT2D eigenvalue weighted by atomic mass is 32.1. The van der Waals surface area contributed by atoms with E-state index in [0.29, 0.717) is 6.54 Å². The molecule has 4 heteroatoms. The van der Waals surface area contributed by atoms with Crippen LogP contribution in [-0.2, 0) is 4.79 Å². The van der Waals surface area contributed by atoms with E-state index in [0.717, 1.165) is 6.54 Å². The molecule has 0 spiro atoms. The quantitative estimate of drug-likeness (QED) is 0.806. The third-order valence-corrected chi connectivity index (χ3v) is 4.37. The van der Waals surface area contributed by atoms with Crippen LogP contribution in [0, 0.1) is 19.8 Å². The van der Waals surface area contributed by atoms with Crippen molar-refractivity contribution in [1.82, 2.24) is 5.32 Å². The third kappa shape index (κ3) is 1.92. The van der Waals surface area contributed by atoms with E-state index in [1.165, 1.54) is 15.3 Å². The highest BCUT2D eigenvalue weighted by Crippen LogP contribution is 2.34. The van der Waals surface area contributed by atoms with Crippen LogP contribution in [0.3, 0.4) is 0 Å². The minimum atomic E-state index is -0.686. The fourth-order valence-corrected chi connectivity index (χ4v) is 3.23. The van der Waals surface area contributed by atoms with Gasteiger partial charge in [0.1, 0.15) is 0 Å². The number of hydrogen-bond acceptors (Lipinski definition) is 3. The summed E-state index contributed by atoms with van der Waals surface area (Å²) in [6, 6.07) is 2.13. The second kappa shape index (κ2) is 3.94. The van der Waals surface area contributed by atoms with Crippen LogP contribution < -0.4 is 5.32 Å². The second-order valence-corrected chi connectivity index (χ2v) is 5.39. The molecule has 0 aromatic carbocycles. The molecule has 2 heterocycles. The van der Waals surface area contributed by atoms with Crippen molar-refractivity contribution in [3.8, 4) is 0 Å². The highest BCUT2D eigenvalue weighted by molar-refractivity contribution is 7.12. The number of carbonyl (C=O) groups is 1. The van der Waals surface area contributed by atoms with Gasteiger partial charge in [-0.1, -0.05) is 0 Å². The number of nitrogens with one attached hydrogen (secondary N) is 1. The molecule has 2 atom stereocenters. The maximum Gasteiger partial charge on any atom is 0.308 e. The van der Waals surface area contributed by atoms with Gasteiger partial charge >= 0.3 is 5.97 Å². The van der Waals surface area contributed by atoms with Gasteiger partial charge in [0, 0.05) is 28.8 Å². The summed E-state index contributed by atoms with van der Waals surface area (Å²) in [5.41, 5.74) is 1.27. The van der Waals surface area contributed by atoms with Crippen molar-refractivity contribution < 1.29 is 9.90 Å². The Kier molecular flexibility index (Phi) is 2.80. The molecule has 82 valence electrons. The largest absolute Gasteiger partial charge is 0.481 e. The Hall–Kier alpha value is -0.870. The van der Waals surface area contributed by atoms with Crippen LogP contribution in [0.15, 0.2) is 6.07 Å². The van der Waals surface area contributed by atoms with Crippen LogP contribution in [0.1, 0.15) is 21.2 Å². The summed E-state index contributed by atoms with van der Waals surface area (Å²) >= 11 is 1.73. The molecule has 15 heavy (non-hydrogen) atoms. The number of thiophene rings is 1. The molecule has 2 rings (SSSR count). The fourth-order valence-electron chi connectivity index (χ4n) is 2.02. The zero-order chi connectivity index (χ0) is 11.0. The molecule has 2 unspecified atom stereocenters. The average Bonchev–Trinajstić information content (AvgIpc) is 2.73. The molecule has 0 amide bonds. The van der Waals surface area contributed by atoms with Crippen LogP contribution in [0.25, 0.3) is 0 Å². The molecule has 1 aromatic heterocycles. The highest BCUT2D eigenvalue weighted by Gasteiger charge is 2.34. The predicted molar refractivity (Wildman–Crippen MR) is 60.5 cm³/mol. The molecule has 2 N–H and O–H groups in total. The molecule has 1 aromatic rings. The Morgan fingerprint density at radius 1 is 1.53 bits per heavy atom. The first kappa shape index (κ1) is 10.6. The lowest BCUT2D eigenvalue weighted by atomic mass is 9.94. The average molecular weight is 225 g/mol. The van der Waals surface area contributed by atoms with Crippen molar-refractivity contribution in [3.05, 3.63) is 21.4 Å². The molecule has 1 aliphatic heterocycles. The van der Waals surface area contributed by atoms with E-state index in [2.05, 4.69) is 25.2 Å².